The summed E-state index contributed by atoms with van der Waals surface area (Å²) in [7, 11) is 0. The van der Waals surface area contributed by atoms with Crippen LogP contribution in [-0.2, 0) is 0 Å². The van der Waals surface area contributed by atoms with E-state index in [4.69, 9.17) is 0 Å². The zero-order valence-electron chi connectivity index (χ0n) is 11.0. The van der Waals surface area contributed by atoms with Crippen LogP contribution >= 0.6 is 0 Å². The molecule has 0 aliphatic heterocycles. The van der Waals surface area contributed by atoms with E-state index >= 15 is 0 Å². The first-order chi connectivity index (χ1) is 9.59. The second-order valence-corrected chi connectivity index (χ2v) is 4.60. The maximum atomic E-state index is 11.0. The van der Waals surface area contributed by atoms with Crippen LogP contribution in [0.4, 0.5) is 5.69 Å². The van der Waals surface area contributed by atoms with Crippen molar-refractivity contribution in [1.82, 2.24) is 10.3 Å². The Morgan fingerprint density at radius 2 is 1.80 bits per heavy atom. The summed E-state index contributed by atoms with van der Waals surface area (Å²) < 4.78 is 4.68. The molecule has 3 rings (SSSR count). The first-order valence-electron chi connectivity index (χ1n) is 6.06. The molecule has 6 heteroatoms. The zero-order chi connectivity index (χ0) is 14.3. The van der Waals surface area contributed by atoms with Gasteiger partial charge in [0.15, 0.2) is 0 Å². The van der Waals surface area contributed by atoms with Crippen LogP contribution in [0.5, 0.6) is 0 Å². The van der Waals surface area contributed by atoms with E-state index in [-0.39, 0.29) is 11.2 Å². The zero-order valence-corrected chi connectivity index (χ0v) is 11.0. The van der Waals surface area contributed by atoms with Gasteiger partial charge in [-0.15, -0.1) is 0 Å². The summed E-state index contributed by atoms with van der Waals surface area (Å²) in [6.07, 6.45) is 0. The lowest BCUT2D eigenvalue weighted by molar-refractivity contribution is -0.383. The molecule has 0 aliphatic rings. The predicted molar refractivity (Wildman–Crippen MR) is 73.4 cm³/mol. The lowest BCUT2D eigenvalue weighted by Crippen LogP contribution is -1.92. The first-order valence-corrected chi connectivity index (χ1v) is 6.06. The lowest BCUT2D eigenvalue weighted by Gasteiger charge is -2.08. The van der Waals surface area contributed by atoms with Crippen molar-refractivity contribution in [2.45, 2.75) is 13.8 Å². The highest BCUT2D eigenvalue weighted by molar-refractivity contribution is 5.96. The molecule has 0 amide bonds. The molecule has 0 saturated heterocycles. The van der Waals surface area contributed by atoms with E-state index in [0.717, 1.165) is 22.3 Å². The highest BCUT2D eigenvalue weighted by Gasteiger charge is 2.20. The molecule has 0 spiro atoms. The Bertz CT molecular complexity index is 824. The van der Waals surface area contributed by atoms with Gasteiger partial charge in [0.25, 0.3) is 0 Å². The lowest BCUT2D eigenvalue weighted by atomic mass is 9.96. The number of rotatable bonds is 2. The fraction of sp³-hybridized carbons (Fsp3) is 0.143. The van der Waals surface area contributed by atoms with Crippen molar-refractivity contribution in [2.24, 2.45) is 0 Å². The van der Waals surface area contributed by atoms with Crippen molar-refractivity contribution >= 4 is 16.7 Å². The Kier molecular flexibility index (Phi) is 2.71. The Hall–Kier alpha value is -2.76. The van der Waals surface area contributed by atoms with Gasteiger partial charge in [0.2, 0.25) is 5.52 Å². The van der Waals surface area contributed by atoms with Crippen molar-refractivity contribution in [3.63, 3.8) is 0 Å². The summed E-state index contributed by atoms with van der Waals surface area (Å²) in [5.41, 5.74) is 4.49. The molecule has 20 heavy (non-hydrogen) atoms. The molecule has 1 heterocycles. The quantitative estimate of drug-likeness (QED) is 0.526. The molecular weight excluding hydrogens is 258 g/mol. The van der Waals surface area contributed by atoms with Crippen molar-refractivity contribution in [2.75, 3.05) is 0 Å². The van der Waals surface area contributed by atoms with E-state index in [1.165, 1.54) is 6.07 Å². The molecule has 2 aromatic carbocycles. The van der Waals surface area contributed by atoms with Crippen LogP contribution in [0, 0.1) is 24.0 Å². The standard InChI is InChI=1S/C14H11N3O3/c1-8-4-3-5-10(9(8)2)11-6-7-12(17(18)19)14-13(11)15-20-16-14/h3-7H,1-2H3. The van der Waals surface area contributed by atoms with Gasteiger partial charge >= 0.3 is 5.69 Å². The smallest absolute Gasteiger partial charge is 0.258 e. The van der Waals surface area contributed by atoms with Crippen LogP contribution in [0.15, 0.2) is 35.0 Å². The van der Waals surface area contributed by atoms with E-state index in [1.54, 1.807) is 6.07 Å². The average Bonchev–Trinajstić information content (AvgIpc) is 2.90. The Labute approximate surface area is 114 Å². The third-order valence-corrected chi connectivity index (χ3v) is 3.49. The van der Waals surface area contributed by atoms with Gasteiger partial charge < -0.3 is 0 Å². The summed E-state index contributed by atoms with van der Waals surface area (Å²) in [6, 6.07) is 9.04. The normalized spacial score (nSPS) is 10.9. The number of hydrogen-bond acceptors (Lipinski definition) is 5. The van der Waals surface area contributed by atoms with Crippen molar-refractivity contribution in [1.29, 1.82) is 0 Å². The number of nitro benzene ring substituents is 1. The number of nitrogens with zero attached hydrogens (tertiary/aromatic N) is 3. The van der Waals surface area contributed by atoms with Gasteiger partial charge in [-0.05, 0) is 46.9 Å². The van der Waals surface area contributed by atoms with Crippen molar-refractivity contribution in [3.8, 4) is 11.1 Å². The molecule has 6 nitrogen and oxygen atoms in total. The van der Waals surface area contributed by atoms with E-state index in [1.807, 2.05) is 32.0 Å². The summed E-state index contributed by atoms with van der Waals surface area (Å²) in [6.45, 7) is 4.02. The third-order valence-electron chi connectivity index (χ3n) is 3.49. The number of fused-ring (bicyclic) bond motifs is 1. The molecule has 0 unspecified atom stereocenters. The highest BCUT2D eigenvalue weighted by Crippen LogP contribution is 2.34. The summed E-state index contributed by atoms with van der Waals surface area (Å²) in [5.74, 6) is 0. The molecule has 0 radical (unpaired) electrons. The topological polar surface area (TPSA) is 82.1 Å². The summed E-state index contributed by atoms with van der Waals surface area (Å²) in [4.78, 5) is 10.5. The Morgan fingerprint density at radius 1 is 1.05 bits per heavy atom. The largest absolute Gasteiger partial charge is 0.300 e. The number of nitro groups is 1. The van der Waals surface area contributed by atoms with E-state index in [9.17, 15) is 10.1 Å². The minimum atomic E-state index is -0.487. The number of aromatic nitrogens is 2. The van der Waals surface area contributed by atoms with Crippen LogP contribution in [-0.4, -0.2) is 15.2 Å². The van der Waals surface area contributed by atoms with Gasteiger partial charge in [-0.25, -0.2) is 4.63 Å². The van der Waals surface area contributed by atoms with Gasteiger partial charge in [0.1, 0.15) is 5.52 Å². The first kappa shape index (κ1) is 12.3. The maximum Gasteiger partial charge on any atom is 0.300 e. The van der Waals surface area contributed by atoms with E-state index < -0.39 is 4.92 Å². The SMILES string of the molecule is Cc1cccc(-c2ccc([N+](=O)[O-])c3nonc23)c1C. The van der Waals surface area contributed by atoms with Crippen molar-refractivity contribution < 1.29 is 9.55 Å². The minimum Gasteiger partial charge on any atom is -0.258 e. The Morgan fingerprint density at radius 3 is 2.55 bits per heavy atom. The molecule has 0 aliphatic carbocycles. The predicted octanol–water partition coefficient (Wildman–Crippen LogP) is 3.41. The molecule has 0 N–H and O–H groups in total. The van der Waals surface area contributed by atoms with Crippen LogP contribution in [0.25, 0.3) is 22.2 Å². The van der Waals surface area contributed by atoms with E-state index in [2.05, 4.69) is 14.9 Å². The monoisotopic (exact) mass is 269 g/mol. The number of hydrogen-bond donors (Lipinski definition) is 0. The van der Waals surface area contributed by atoms with Gasteiger partial charge in [-0.1, -0.05) is 18.2 Å². The molecule has 100 valence electrons. The second kappa shape index (κ2) is 4.41. The fourth-order valence-corrected chi connectivity index (χ4v) is 2.26. The maximum absolute atomic E-state index is 11.0. The van der Waals surface area contributed by atoms with Crippen LogP contribution in [0.3, 0.4) is 0 Å². The fourth-order valence-electron chi connectivity index (χ4n) is 2.26. The minimum absolute atomic E-state index is 0.102. The molecule has 1 aromatic heterocycles. The van der Waals surface area contributed by atoms with E-state index in [0.29, 0.717) is 5.52 Å². The molecule has 0 fully saturated rings. The molecule has 0 saturated carbocycles. The molecule has 0 bridgehead atoms. The molecule has 3 aromatic rings. The van der Waals surface area contributed by atoms with Gasteiger partial charge in [-0.3, -0.25) is 10.1 Å². The second-order valence-electron chi connectivity index (χ2n) is 4.60. The van der Waals surface area contributed by atoms with Crippen LogP contribution in [0.2, 0.25) is 0 Å². The van der Waals surface area contributed by atoms with Gasteiger partial charge in [-0.2, -0.15) is 0 Å². The number of aryl methyl sites for hydroxylation is 1. The van der Waals surface area contributed by atoms with Crippen LogP contribution in [0.1, 0.15) is 11.1 Å². The summed E-state index contributed by atoms with van der Waals surface area (Å²) >= 11 is 0. The van der Waals surface area contributed by atoms with Gasteiger partial charge in [0, 0.05) is 11.6 Å². The molecular formula is C14H11N3O3. The third kappa shape index (κ3) is 1.73. The van der Waals surface area contributed by atoms with Crippen LogP contribution < -0.4 is 0 Å². The van der Waals surface area contributed by atoms with Gasteiger partial charge in [0.05, 0.1) is 4.92 Å². The summed E-state index contributed by atoms with van der Waals surface area (Å²) in [5, 5.41) is 18.4. The highest BCUT2D eigenvalue weighted by atomic mass is 16.6. The Balaban J connectivity index is 2.33. The van der Waals surface area contributed by atoms with Crippen molar-refractivity contribution in [3.05, 3.63) is 51.6 Å². The molecule has 0 atom stereocenters. The number of benzene rings is 2. The number of non-ortho nitro benzene ring substituents is 1. The average molecular weight is 269 g/mol.